The van der Waals surface area contributed by atoms with Crippen molar-refractivity contribution in [1.82, 2.24) is 49.8 Å². The Balaban J connectivity index is 1.07. The average Bonchev–Trinajstić information content (AvgIpc) is 3.86. The highest BCUT2D eigenvalue weighted by molar-refractivity contribution is 7.65. The summed E-state index contributed by atoms with van der Waals surface area (Å²) in [5.41, 5.74) is 10.6. The fraction of sp³-hybridized carbons (Fsp3) is 0.480. The van der Waals surface area contributed by atoms with Gasteiger partial charge < -0.3 is 60.0 Å². The average molecular weight is 865 g/mol. The number of nitrogens with two attached hydrogens (primary N) is 3. The normalized spacial score (nSPS) is 24.8. The number of hydrogen-bond donors (Lipinski definition) is 7. The molecule has 2 fully saturated rings. The monoisotopic (exact) mass is 864 g/mol. The Hall–Kier alpha value is -4.28. The number of anilines is 3. The first-order valence-corrected chi connectivity index (χ1v) is 20.8. The van der Waals surface area contributed by atoms with Crippen LogP contribution in [0.4, 0.5) is 23.4 Å². The zero-order valence-corrected chi connectivity index (χ0v) is 32.1. The van der Waals surface area contributed by atoms with Crippen LogP contribution in [0.5, 0.6) is 0 Å². The Labute approximate surface area is 318 Å². The SMILES string of the molecule is C=CN(c1nc(N)[nH]c(=O)c1[NH2+]C)C1CN(Cc2cn[nH]n2)CC(COP(=O)([O-])OP(=O)([O-])OP(=O)([O-])OCC2OC(n3cnc4c(=O)[nH]c(N)nc43)C[C@@H]2O)O1. The van der Waals surface area contributed by atoms with Crippen LogP contribution in [0.2, 0.25) is 0 Å². The van der Waals surface area contributed by atoms with Crippen LogP contribution in [0.3, 0.4) is 0 Å². The van der Waals surface area contributed by atoms with Crippen LogP contribution in [-0.4, -0.2) is 113 Å². The van der Waals surface area contributed by atoms with Crippen molar-refractivity contribution in [2.24, 2.45) is 0 Å². The Morgan fingerprint density at radius 2 is 1.74 bits per heavy atom. The van der Waals surface area contributed by atoms with Crippen LogP contribution in [0.1, 0.15) is 18.3 Å². The summed E-state index contributed by atoms with van der Waals surface area (Å²) in [6.45, 7) is 2.11. The maximum absolute atomic E-state index is 12.7. The summed E-state index contributed by atoms with van der Waals surface area (Å²) in [5, 5.41) is 22.2. The standard InChI is InChI=1S/C25H37N14O15P3/c1-3-38(20-18(28-2)22(41)33-24(26)31-20)17-8-37(6-12-5-30-36-35-12)7-13(51-17)9-49-55(43,44)53-57(47,48)54-56(45,46)50-10-15-14(40)4-16(52-15)39-11-29-19-21(39)32-25(27)34-23(19)42/h3,5,11,13-17,28,40H,1,4,6-10H2,2H3,(H,43,44)(H,45,46)(H,47,48)(H,30,35,36)(H3,26,31,33,41)(H3,27,32,34,42)/p-2/t13?,14-,15?,16?,17?/m0/s1. The summed E-state index contributed by atoms with van der Waals surface area (Å²) in [6, 6.07) is 0. The molecule has 4 aromatic heterocycles. The third kappa shape index (κ3) is 10.2. The first kappa shape index (κ1) is 42.3. The lowest BCUT2D eigenvalue weighted by atomic mass is 10.2. The van der Waals surface area contributed by atoms with E-state index in [0.717, 1.165) is 0 Å². The minimum atomic E-state index is -6.28. The maximum Gasteiger partial charge on any atom is 0.315 e. The largest absolute Gasteiger partial charge is 0.756 e. The zero-order chi connectivity index (χ0) is 41.3. The van der Waals surface area contributed by atoms with E-state index < -0.39 is 78.6 Å². The van der Waals surface area contributed by atoms with Gasteiger partial charge in [0, 0.05) is 32.3 Å². The smallest absolute Gasteiger partial charge is 0.315 e. The number of aliphatic hydroxyl groups is 1. The highest BCUT2D eigenvalue weighted by atomic mass is 31.3. The summed E-state index contributed by atoms with van der Waals surface area (Å²) in [7, 11) is -16.5. The van der Waals surface area contributed by atoms with Crippen LogP contribution in [0, 0.1) is 0 Å². The summed E-state index contributed by atoms with van der Waals surface area (Å²) in [6.07, 6.45) is -2.28. The highest BCUT2D eigenvalue weighted by Gasteiger charge is 2.39. The third-order valence-corrected chi connectivity index (χ3v) is 12.4. The number of ether oxygens (including phenoxy) is 2. The second kappa shape index (κ2) is 16.9. The molecule has 0 spiro atoms. The molecule has 29 nitrogen and oxygen atoms in total. The minimum absolute atomic E-state index is 0.00345. The third-order valence-electron chi connectivity index (χ3n) is 8.25. The number of phosphoric acid groups is 3. The lowest BCUT2D eigenvalue weighted by Gasteiger charge is -2.42. The van der Waals surface area contributed by atoms with Crippen molar-refractivity contribution >= 4 is 58.0 Å². The number of phosphoric ester groups is 2. The summed E-state index contributed by atoms with van der Waals surface area (Å²) in [4.78, 5) is 82.1. The fourth-order valence-electron chi connectivity index (χ4n) is 5.92. The molecule has 2 aliphatic heterocycles. The molecule has 2 aliphatic rings. The molecule has 32 heteroatoms. The molecule has 0 radical (unpaired) electrons. The molecule has 6 rings (SSSR count). The van der Waals surface area contributed by atoms with Gasteiger partial charge >= 0.3 is 5.56 Å². The van der Waals surface area contributed by atoms with Gasteiger partial charge in [-0.25, -0.2) is 13.6 Å². The van der Waals surface area contributed by atoms with Gasteiger partial charge in [0.25, 0.3) is 29.0 Å². The van der Waals surface area contributed by atoms with E-state index in [0.29, 0.717) is 5.69 Å². The quantitative estimate of drug-likeness (QED) is 0.0490. The number of aromatic amines is 3. The predicted octanol–water partition coefficient (Wildman–Crippen LogP) is -4.69. The van der Waals surface area contributed by atoms with Crippen molar-refractivity contribution in [1.29, 1.82) is 0 Å². The summed E-state index contributed by atoms with van der Waals surface area (Å²) >= 11 is 0. The van der Waals surface area contributed by atoms with Gasteiger partial charge in [-0.2, -0.15) is 25.4 Å². The molecule has 312 valence electrons. The zero-order valence-electron chi connectivity index (χ0n) is 29.4. The topological polar surface area (TPSA) is 422 Å². The fourth-order valence-corrected chi connectivity index (χ4v) is 9.32. The molecule has 8 atom stereocenters. The van der Waals surface area contributed by atoms with E-state index in [-0.39, 0.29) is 60.6 Å². The number of rotatable bonds is 17. The molecule has 7 unspecified atom stereocenters. The molecule has 0 saturated carbocycles. The van der Waals surface area contributed by atoms with E-state index in [1.54, 1.807) is 11.9 Å². The number of nitrogens with one attached hydrogen (secondary N) is 3. The van der Waals surface area contributed by atoms with Gasteiger partial charge in [-0.3, -0.25) is 42.7 Å². The Kier molecular flexibility index (Phi) is 12.6. The van der Waals surface area contributed by atoms with Gasteiger partial charge in [0.1, 0.15) is 18.6 Å². The number of imidazole rings is 1. The molecule has 0 bridgehead atoms. The molecule has 6 heterocycles. The number of morpholine rings is 1. The van der Waals surface area contributed by atoms with Crippen LogP contribution in [0.25, 0.3) is 11.2 Å². The molecule has 0 aliphatic carbocycles. The van der Waals surface area contributed by atoms with Crippen LogP contribution in [-0.2, 0) is 47.4 Å². The highest BCUT2D eigenvalue weighted by Crippen LogP contribution is 2.63. The van der Waals surface area contributed by atoms with Crippen molar-refractivity contribution in [3.05, 3.63) is 51.7 Å². The molecular weight excluding hydrogens is 829 g/mol. The number of aliphatic hydroxyl groups excluding tert-OH is 1. The molecule has 2 saturated heterocycles. The molecular formula is C25H35N14O15P3-2. The lowest BCUT2D eigenvalue weighted by Crippen LogP contribution is -2.75. The van der Waals surface area contributed by atoms with Crippen molar-refractivity contribution < 1.29 is 65.9 Å². The Morgan fingerprint density at radius 1 is 1.05 bits per heavy atom. The first-order valence-electron chi connectivity index (χ1n) is 16.4. The predicted molar refractivity (Wildman–Crippen MR) is 184 cm³/mol. The number of nitrogen functional groups attached to an aromatic ring is 2. The van der Waals surface area contributed by atoms with Crippen LogP contribution < -0.4 is 47.5 Å². The van der Waals surface area contributed by atoms with Gasteiger partial charge in [0.2, 0.25) is 23.4 Å². The van der Waals surface area contributed by atoms with Gasteiger partial charge in [0.15, 0.2) is 11.2 Å². The number of nitrogens with zero attached hydrogens (tertiary/aromatic N) is 8. The van der Waals surface area contributed by atoms with E-state index in [2.05, 4.69) is 60.1 Å². The van der Waals surface area contributed by atoms with Gasteiger partial charge in [-0.15, -0.1) is 0 Å². The summed E-state index contributed by atoms with van der Waals surface area (Å²) in [5.74, 6) is -0.400. The number of H-pyrrole nitrogens is 3. The molecule has 4 aromatic rings. The van der Waals surface area contributed by atoms with E-state index in [9.17, 15) is 43.1 Å². The second-order valence-corrected chi connectivity index (χ2v) is 16.7. The lowest BCUT2D eigenvalue weighted by molar-refractivity contribution is -0.540. The number of hydrogen-bond acceptors (Lipinski definition) is 24. The van der Waals surface area contributed by atoms with Gasteiger partial charge in [-0.1, -0.05) is 6.58 Å². The number of quaternary nitrogens is 1. The van der Waals surface area contributed by atoms with Crippen molar-refractivity contribution in [2.75, 3.05) is 49.7 Å². The van der Waals surface area contributed by atoms with Crippen LogP contribution >= 0.6 is 23.5 Å². The minimum Gasteiger partial charge on any atom is -0.756 e. The van der Waals surface area contributed by atoms with Gasteiger partial charge in [0.05, 0.1) is 50.7 Å². The molecule has 0 aromatic carbocycles. The van der Waals surface area contributed by atoms with Crippen molar-refractivity contribution in [3.8, 4) is 0 Å². The Morgan fingerprint density at radius 3 is 2.40 bits per heavy atom. The molecule has 10 N–H and O–H groups in total. The first-order chi connectivity index (χ1) is 26.9. The summed E-state index contributed by atoms with van der Waals surface area (Å²) < 4.78 is 67.7. The van der Waals surface area contributed by atoms with E-state index in [1.165, 1.54) is 33.5 Å². The van der Waals surface area contributed by atoms with E-state index in [1.807, 2.05) is 0 Å². The van der Waals surface area contributed by atoms with Gasteiger partial charge in [-0.05, 0) is 0 Å². The molecule has 0 amide bonds. The van der Waals surface area contributed by atoms with E-state index >= 15 is 0 Å². The maximum atomic E-state index is 12.7. The second-order valence-electron chi connectivity index (χ2n) is 12.2. The van der Waals surface area contributed by atoms with Crippen molar-refractivity contribution in [2.45, 2.75) is 43.7 Å². The number of fused-ring (bicyclic) bond motifs is 1. The Bertz CT molecular complexity index is 2340. The van der Waals surface area contributed by atoms with Crippen molar-refractivity contribution in [3.63, 3.8) is 0 Å². The number of aromatic nitrogens is 9. The van der Waals surface area contributed by atoms with Crippen LogP contribution in [0.15, 0.2) is 34.9 Å². The van der Waals surface area contributed by atoms with E-state index in [4.69, 9.17) is 25.5 Å². The molecule has 57 heavy (non-hydrogen) atoms.